The lowest BCUT2D eigenvalue weighted by molar-refractivity contribution is -0.129. The number of hydrogen-bond acceptors (Lipinski definition) is 4. The molecule has 1 saturated heterocycles. The van der Waals surface area contributed by atoms with Crippen LogP contribution in [0.3, 0.4) is 0 Å². The maximum Gasteiger partial charge on any atom is 0.233 e. The Morgan fingerprint density at radius 1 is 0.800 bits per heavy atom. The molecular weight excluding hydrogens is 452 g/mol. The van der Waals surface area contributed by atoms with E-state index < -0.39 is 0 Å². The summed E-state index contributed by atoms with van der Waals surface area (Å²) < 4.78 is 2.08. The Morgan fingerprint density at radius 3 is 2.06 bits per heavy atom. The van der Waals surface area contributed by atoms with Gasteiger partial charge in [0.2, 0.25) is 5.91 Å². The molecule has 178 valence electrons. The van der Waals surface area contributed by atoms with Crippen LogP contribution < -0.4 is 0 Å². The number of aromatic nitrogens is 3. The molecule has 0 aliphatic carbocycles. The van der Waals surface area contributed by atoms with E-state index in [1.54, 1.807) is 0 Å². The largest absolute Gasteiger partial charge is 0.342 e. The van der Waals surface area contributed by atoms with Crippen LogP contribution in [0.25, 0.3) is 5.69 Å². The molecule has 1 amide bonds. The lowest BCUT2D eigenvalue weighted by atomic mass is 9.90. The monoisotopic (exact) mass is 482 g/mol. The molecule has 0 radical (unpaired) electrons. The standard InChI is InChI=1S/C29H30N4OS/c34-28(32-18-16-25(17-19-32)20-23-10-4-1-5-11-23)22-35-29-31-30-27(21-24-12-6-2-7-13-24)33(29)26-14-8-3-9-15-26/h1-15,25H,16-22H2. The summed E-state index contributed by atoms with van der Waals surface area (Å²) in [5.74, 6) is 2.08. The average molecular weight is 483 g/mol. The minimum absolute atomic E-state index is 0.181. The van der Waals surface area contributed by atoms with Gasteiger partial charge in [-0.15, -0.1) is 10.2 Å². The third-order valence-corrected chi connectivity index (χ3v) is 7.49. The van der Waals surface area contributed by atoms with Crippen LogP contribution in [-0.2, 0) is 17.6 Å². The fourth-order valence-corrected chi connectivity index (χ4v) is 5.55. The van der Waals surface area contributed by atoms with Crippen LogP contribution in [0, 0.1) is 5.92 Å². The Hall–Kier alpha value is -3.38. The maximum atomic E-state index is 13.0. The third kappa shape index (κ3) is 6.01. The minimum Gasteiger partial charge on any atom is -0.342 e. The average Bonchev–Trinajstić information content (AvgIpc) is 3.31. The van der Waals surface area contributed by atoms with Crippen LogP contribution in [0.2, 0.25) is 0 Å². The number of para-hydroxylation sites is 1. The molecule has 0 saturated carbocycles. The van der Waals surface area contributed by atoms with Crippen LogP contribution in [-0.4, -0.2) is 44.4 Å². The van der Waals surface area contributed by atoms with E-state index in [1.165, 1.54) is 22.9 Å². The molecular formula is C29H30N4OS. The molecule has 1 aliphatic heterocycles. The molecule has 2 heterocycles. The number of likely N-dealkylation sites (tertiary alicyclic amines) is 1. The van der Waals surface area contributed by atoms with Gasteiger partial charge in [0.1, 0.15) is 5.82 Å². The molecule has 1 aliphatic rings. The van der Waals surface area contributed by atoms with E-state index in [1.807, 2.05) is 41.3 Å². The van der Waals surface area contributed by atoms with Crippen molar-refractivity contribution in [1.82, 2.24) is 19.7 Å². The number of nitrogens with zero attached hydrogens (tertiary/aromatic N) is 4. The van der Waals surface area contributed by atoms with Crippen molar-refractivity contribution in [2.75, 3.05) is 18.8 Å². The summed E-state index contributed by atoms with van der Waals surface area (Å²) >= 11 is 1.48. The van der Waals surface area contributed by atoms with Crippen LogP contribution in [0.4, 0.5) is 0 Å². The van der Waals surface area contributed by atoms with Crippen molar-refractivity contribution >= 4 is 17.7 Å². The van der Waals surface area contributed by atoms with Crippen molar-refractivity contribution < 1.29 is 4.79 Å². The second-order valence-electron chi connectivity index (χ2n) is 9.03. The second kappa shape index (κ2) is 11.4. The zero-order valence-corrected chi connectivity index (χ0v) is 20.6. The van der Waals surface area contributed by atoms with Gasteiger partial charge in [-0.3, -0.25) is 9.36 Å². The number of piperidine rings is 1. The first-order valence-corrected chi connectivity index (χ1v) is 13.2. The summed E-state index contributed by atoms with van der Waals surface area (Å²) in [5.41, 5.74) is 3.59. The molecule has 5 rings (SSSR count). The van der Waals surface area contributed by atoms with E-state index >= 15 is 0 Å². The summed E-state index contributed by atoms with van der Waals surface area (Å²) in [5, 5.41) is 9.72. The topological polar surface area (TPSA) is 51.0 Å². The van der Waals surface area contributed by atoms with Gasteiger partial charge in [0.05, 0.1) is 5.75 Å². The molecule has 6 heteroatoms. The van der Waals surface area contributed by atoms with E-state index in [-0.39, 0.29) is 5.91 Å². The number of carbonyl (C=O) groups excluding carboxylic acids is 1. The van der Waals surface area contributed by atoms with E-state index in [0.717, 1.165) is 49.0 Å². The molecule has 0 unspecified atom stereocenters. The number of hydrogen-bond donors (Lipinski definition) is 0. The number of rotatable bonds is 8. The van der Waals surface area contributed by atoms with Gasteiger partial charge in [-0.25, -0.2) is 0 Å². The fourth-order valence-electron chi connectivity index (χ4n) is 4.67. The summed E-state index contributed by atoms with van der Waals surface area (Å²) in [4.78, 5) is 15.0. The maximum absolute atomic E-state index is 13.0. The van der Waals surface area contributed by atoms with Crippen molar-refractivity contribution in [1.29, 1.82) is 0 Å². The molecule has 0 spiro atoms. The van der Waals surface area contributed by atoms with Gasteiger partial charge in [0.25, 0.3) is 0 Å². The van der Waals surface area contributed by atoms with E-state index in [0.29, 0.717) is 18.1 Å². The Kier molecular flexibility index (Phi) is 7.59. The predicted octanol–water partition coefficient (Wildman–Crippen LogP) is 5.43. The fraction of sp³-hybridized carbons (Fsp3) is 0.276. The van der Waals surface area contributed by atoms with E-state index in [4.69, 9.17) is 0 Å². The van der Waals surface area contributed by atoms with Gasteiger partial charge < -0.3 is 4.90 Å². The van der Waals surface area contributed by atoms with Crippen LogP contribution in [0.5, 0.6) is 0 Å². The molecule has 0 atom stereocenters. The van der Waals surface area contributed by atoms with Gasteiger partial charge in [0.15, 0.2) is 5.16 Å². The molecule has 1 aromatic heterocycles. The SMILES string of the molecule is O=C(CSc1nnc(Cc2ccccc2)n1-c1ccccc1)N1CCC(Cc2ccccc2)CC1. The van der Waals surface area contributed by atoms with Gasteiger partial charge in [-0.05, 0) is 48.4 Å². The van der Waals surface area contributed by atoms with Crippen molar-refractivity contribution in [2.45, 2.75) is 30.8 Å². The van der Waals surface area contributed by atoms with E-state index in [9.17, 15) is 4.79 Å². The lowest BCUT2D eigenvalue weighted by Gasteiger charge is -2.32. The van der Waals surface area contributed by atoms with Crippen molar-refractivity contribution in [3.63, 3.8) is 0 Å². The third-order valence-electron chi connectivity index (χ3n) is 6.58. The summed E-state index contributed by atoms with van der Waals surface area (Å²) in [6.45, 7) is 1.67. The highest BCUT2D eigenvalue weighted by molar-refractivity contribution is 7.99. The molecule has 0 bridgehead atoms. The summed E-state index contributed by atoms with van der Waals surface area (Å²) in [6, 6.07) is 31.1. The minimum atomic E-state index is 0.181. The normalized spacial score (nSPS) is 14.2. The Bertz CT molecular complexity index is 1220. The van der Waals surface area contributed by atoms with Gasteiger partial charge >= 0.3 is 0 Å². The highest BCUT2D eigenvalue weighted by Crippen LogP contribution is 2.26. The summed E-state index contributed by atoms with van der Waals surface area (Å²) in [6.07, 6.45) is 3.91. The Morgan fingerprint density at radius 2 is 1.40 bits per heavy atom. The number of benzene rings is 3. The van der Waals surface area contributed by atoms with Gasteiger partial charge in [0, 0.05) is 25.2 Å². The first-order valence-electron chi connectivity index (χ1n) is 12.2. The Balaban J connectivity index is 1.22. The van der Waals surface area contributed by atoms with Crippen molar-refractivity contribution in [2.24, 2.45) is 5.92 Å². The highest BCUT2D eigenvalue weighted by Gasteiger charge is 2.24. The quantitative estimate of drug-likeness (QED) is 0.314. The molecule has 1 fully saturated rings. The molecule has 4 aromatic rings. The lowest BCUT2D eigenvalue weighted by Crippen LogP contribution is -2.39. The van der Waals surface area contributed by atoms with Gasteiger partial charge in [-0.2, -0.15) is 0 Å². The highest BCUT2D eigenvalue weighted by atomic mass is 32.2. The molecule has 0 N–H and O–H groups in total. The number of carbonyl (C=O) groups is 1. The first-order chi connectivity index (χ1) is 17.3. The smallest absolute Gasteiger partial charge is 0.233 e. The van der Waals surface area contributed by atoms with Crippen LogP contribution >= 0.6 is 11.8 Å². The second-order valence-corrected chi connectivity index (χ2v) is 9.98. The zero-order chi connectivity index (χ0) is 23.9. The van der Waals surface area contributed by atoms with Crippen molar-refractivity contribution in [3.8, 4) is 5.69 Å². The van der Waals surface area contributed by atoms with Gasteiger partial charge in [-0.1, -0.05) is 90.6 Å². The Labute approximate surface area is 211 Å². The van der Waals surface area contributed by atoms with Crippen LogP contribution in [0.15, 0.2) is 96.2 Å². The predicted molar refractivity (Wildman–Crippen MR) is 141 cm³/mol. The first kappa shape index (κ1) is 23.4. The molecule has 3 aromatic carbocycles. The van der Waals surface area contributed by atoms with Crippen LogP contribution in [0.1, 0.15) is 29.8 Å². The summed E-state index contributed by atoms with van der Waals surface area (Å²) in [7, 11) is 0. The molecule has 35 heavy (non-hydrogen) atoms. The number of amides is 1. The van der Waals surface area contributed by atoms with Crippen molar-refractivity contribution in [3.05, 3.63) is 108 Å². The number of thioether (sulfide) groups is 1. The van der Waals surface area contributed by atoms with E-state index in [2.05, 4.69) is 69.4 Å². The molecule has 5 nitrogen and oxygen atoms in total. The zero-order valence-electron chi connectivity index (χ0n) is 19.8.